The Kier molecular flexibility index (Phi) is 26.9. The van der Waals surface area contributed by atoms with Crippen LogP contribution in [0, 0.1) is 0 Å². The molecular formula is C34H67IN4O6. The van der Waals surface area contributed by atoms with Gasteiger partial charge in [0.2, 0.25) is 0 Å². The Hall–Kier alpha value is -1.34. The maximum absolute atomic E-state index is 13.0. The third-order valence-corrected chi connectivity index (χ3v) is 8.25. The van der Waals surface area contributed by atoms with Gasteiger partial charge in [0, 0.05) is 26.7 Å². The monoisotopic (exact) mass is 754 g/mol. The molecule has 1 atom stereocenters. The minimum absolute atomic E-state index is 0. The number of quaternary nitrogens is 1. The average molecular weight is 755 g/mol. The predicted molar refractivity (Wildman–Crippen MR) is 177 cm³/mol. The van der Waals surface area contributed by atoms with Gasteiger partial charge in [0.05, 0.1) is 34.2 Å². The summed E-state index contributed by atoms with van der Waals surface area (Å²) in [5.41, 5.74) is 0. The van der Waals surface area contributed by atoms with Gasteiger partial charge < -0.3 is 52.9 Å². The lowest BCUT2D eigenvalue weighted by atomic mass is 10.0. The van der Waals surface area contributed by atoms with E-state index in [1.54, 1.807) is 4.90 Å². The number of rotatable bonds is 25. The van der Waals surface area contributed by atoms with Crippen molar-refractivity contribution in [1.82, 2.24) is 15.1 Å². The third-order valence-electron chi connectivity index (χ3n) is 8.25. The maximum atomic E-state index is 13.0. The van der Waals surface area contributed by atoms with Gasteiger partial charge in [0.1, 0.15) is 19.3 Å². The van der Waals surface area contributed by atoms with Gasteiger partial charge in [0.25, 0.3) is 0 Å². The lowest BCUT2D eigenvalue weighted by Gasteiger charge is -2.30. The zero-order valence-corrected chi connectivity index (χ0v) is 31.6. The number of carbonyl (C=O) groups is 3. The van der Waals surface area contributed by atoms with E-state index in [4.69, 9.17) is 14.2 Å². The van der Waals surface area contributed by atoms with Gasteiger partial charge >= 0.3 is 18.2 Å². The van der Waals surface area contributed by atoms with E-state index in [0.717, 1.165) is 25.7 Å². The van der Waals surface area contributed by atoms with Crippen molar-refractivity contribution in [3.8, 4) is 0 Å². The van der Waals surface area contributed by atoms with Crippen molar-refractivity contribution in [1.29, 1.82) is 0 Å². The summed E-state index contributed by atoms with van der Waals surface area (Å²) in [6, 6.07) is -0.320. The molecule has 0 bridgehead atoms. The van der Waals surface area contributed by atoms with Gasteiger partial charge in [-0.25, -0.2) is 19.3 Å². The molecular weight excluding hydrogens is 687 g/mol. The van der Waals surface area contributed by atoms with Gasteiger partial charge in [-0.3, -0.25) is 0 Å². The number of hydrogen-bond acceptors (Lipinski definition) is 6. The van der Waals surface area contributed by atoms with E-state index in [1.165, 1.54) is 102 Å². The van der Waals surface area contributed by atoms with Crippen LogP contribution in [0.1, 0.15) is 122 Å². The Morgan fingerprint density at radius 1 is 0.756 bits per heavy atom. The van der Waals surface area contributed by atoms with E-state index in [-0.39, 0.29) is 49.8 Å². The second-order valence-electron chi connectivity index (χ2n) is 13.4. The zero-order chi connectivity index (χ0) is 32.5. The highest BCUT2D eigenvalue weighted by molar-refractivity contribution is 5.91. The number of halogens is 1. The van der Waals surface area contributed by atoms with Crippen LogP contribution in [0.15, 0.2) is 0 Å². The van der Waals surface area contributed by atoms with E-state index >= 15 is 0 Å². The topological polar surface area (TPSA) is 97.4 Å². The van der Waals surface area contributed by atoms with E-state index in [0.29, 0.717) is 30.7 Å². The summed E-state index contributed by atoms with van der Waals surface area (Å²) in [6.07, 6.45) is 21.0. The first-order valence-electron chi connectivity index (χ1n) is 17.6. The molecule has 1 saturated heterocycles. The summed E-state index contributed by atoms with van der Waals surface area (Å²) in [6.45, 7) is 4.84. The van der Waals surface area contributed by atoms with Crippen LogP contribution in [0.5, 0.6) is 0 Å². The van der Waals surface area contributed by atoms with Crippen molar-refractivity contribution < 1.29 is 57.1 Å². The van der Waals surface area contributed by atoms with E-state index in [9.17, 15) is 14.4 Å². The minimum Gasteiger partial charge on any atom is -1.00 e. The Balaban J connectivity index is 0.0000194. The van der Waals surface area contributed by atoms with Crippen LogP contribution in [0.4, 0.5) is 14.4 Å². The maximum Gasteiger partial charge on any atom is 0.418 e. The molecule has 0 saturated carbocycles. The molecule has 0 aliphatic carbocycles. The SMILES string of the molecule is CCCCCCCCCCCCCCCCCCNC(=O)OCC(COC(=O)N(CC[N+](C)(C)C)C(=O)N1CCCC1)OC.[I-]. The summed E-state index contributed by atoms with van der Waals surface area (Å²) in [5, 5.41) is 2.79. The number of nitrogens with one attached hydrogen (secondary N) is 1. The van der Waals surface area contributed by atoms with Crippen molar-refractivity contribution in [2.24, 2.45) is 0 Å². The standard InChI is InChI=1S/C34H66N4O6.HI/c1-6-7-8-9-10-11-12-13-14-15-16-17-18-19-20-21-24-35-32(39)43-29-31(42-5)30-44-34(41)37(27-28-38(2,3)4)33(40)36-25-22-23-26-36;/h31H,6-30H2,1-5H3;1H. The minimum atomic E-state index is -0.703. The molecule has 266 valence electrons. The van der Waals surface area contributed by atoms with Gasteiger partial charge in [-0.05, 0) is 19.3 Å². The van der Waals surface area contributed by atoms with Crippen molar-refractivity contribution >= 4 is 18.2 Å². The Morgan fingerprint density at radius 3 is 1.69 bits per heavy atom. The Morgan fingerprint density at radius 2 is 1.22 bits per heavy atom. The molecule has 0 spiro atoms. The molecule has 4 amide bonds. The molecule has 1 aliphatic heterocycles. The molecule has 0 aromatic heterocycles. The van der Waals surface area contributed by atoms with Crippen LogP contribution in [-0.2, 0) is 14.2 Å². The lowest BCUT2D eigenvalue weighted by molar-refractivity contribution is -0.869. The van der Waals surface area contributed by atoms with Gasteiger partial charge in [-0.1, -0.05) is 103 Å². The van der Waals surface area contributed by atoms with Crippen LogP contribution in [-0.4, -0.2) is 113 Å². The van der Waals surface area contributed by atoms with Crippen LogP contribution in [0.3, 0.4) is 0 Å². The van der Waals surface area contributed by atoms with Crippen molar-refractivity contribution in [2.75, 3.05) is 74.2 Å². The van der Waals surface area contributed by atoms with Gasteiger partial charge in [-0.2, -0.15) is 0 Å². The van der Waals surface area contributed by atoms with Crippen LogP contribution < -0.4 is 29.3 Å². The Bertz CT molecular complexity index is 761. The molecule has 11 heteroatoms. The van der Waals surface area contributed by atoms with Crippen molar-refractivity contribution in [3.63, 3.8) is 0 Å². The quantitative estimate of drug-likeness (QED) is 0.0847. The van der Waals surface area contributed by atoms with Gasteiger partial charge in [0.15, 0.2) is 0 Å². The first-order chi connectivity index (χ1) is 21.2. The summed E-state index contributed by atoms with van der Waals surface area (Å²) in [4.78, 5) is 40.8. The number of alkyl carbamates (subject to hydrolysis) is 1. The number of urea groups is 1. The highest BCUT2D eigenvalue weighted by Gasteiger charge is 2.31. The molecule has 0 aromatic carbocycles. The molecule has 0 aromatic rings. The molecule has 1 rings (SSSR count). The lowest BCUT2D eigenvalue weighted by Crippen LogP contribution is -3.00. The van der Waals surface area contributed by atoms with E-state index in [1.807, 2.05) is 21.1 Å². The van der Waals surface area contributed by atoms with Crippen LogP contribution >= 0.6 is 0 Å². The first kappa shape index (κ1) is 43.7. The predicted octanol–water partition coefficient (Wildman–Crippen LogP) is 4.35. The molecule has 0 radical (unpaired) electrons. The molecule has 45 heavy (non-hydrogen) atoms. The normalized spacial score (nSPS) is 13.7. The second kappa shape index (κ2) is 27.7. The molecule has 1 N–H and O–H groups in total. The summed E-state index contributed by atoms with van der Waals surface area (Å²) in [5.74, 6) is 0. The molecule has 10 nitrogen and oxygen atoms in total. The second-order valence-corrected chi connectivity index (χ2v) is 13.4. The number of amides is 4. The Labute approximate surface area is 292 Å². The number of methoxy groups -OCH3 is 1. The fourth-order valence-corrected chi connectivity index (χ4v) is 5.25. The molecule has 1 fully saturated rings. The van der Waals surface area contributed by atoms with Crippen LogP contribution in [0.25, 0.3) is 0 Å². The van der Waals surface area contributed by atoms with E-state index in [2.05, 4.69) is 12.2 Å². The number of carbonyl (C=O) groups excluding carboxylic acids is 3. The number of nitrogens with zero attached hydrogens (tertiary/aromatic N) is 3. The van der Waals surface area contributed by atoms with Crippen LogP contribution in [0.2, 0.25) is 0 Å². The molecule has 1 unspecified atom stereocenters. The zero-order valence-electron chi connectivity index (χ0n) is 29.4. The van der Waals surface area contributed by atoms with Crippen molar-refractivity contribution in [3.05, 3.63) is 0 Å². The highest BCUT2D eigenvalue weighted by Crippen LogP contribution is 2.14. The third kappa shape index (κ3) is 23.6. The number of unbranched alkanes of at least 4 members (excludes halogenated alkanes) is 15. The first-order valence-corrected chi connectivity index (χ1v) is 17.6. The number of ether oxygens (including phenoxy) is 3. The highest BCUT2D eigenvalue weighted by atomic mass is 127. The summed E-state index contributed by atoms with van der Waals surface area (Å²) in [7, 11) is 7.50. The number of likely N-dealkylation sites (N-methyl/N-ethyl adjacent to an activating group) is 1. The fourth-order valence-electron chi connectivity index (χ4n) is 5.25. The number of likely N-dealkylation sites (tertiary alicyclic amines) is 1. The average Bonchev–Trinajstić information content (AvgIpc) is 3.53. The van der Waals surface area contributed by atoms with Crippen molar-refractivity contribution in [2.45, 2.75) is 129 Å². The smallest absolute Gasteiger partial charge is 0.418 e. The number of hydrogen-bond donors (Lipinski definition) is 1. The molecule has 1 aliphatic rings. The summed E-state index contributed by atoms with van der Waals surface area (Å²) >= 11 is 0. The van der Waals surface area contributed by atoms with E-state index < -0.39 is 18.3 Å². The largest absolute Gasteiger partial charge is 1.00 e. The molecule has 1 heterocycles. The van der Waals surface area contributed by atoms with Gasteiger partial charge in [-0.15, -0.1) is 0 Å². The number of imide groups is 1. The summed E-state index contributed by atoms with van der Waals surface area (Å²) < 4.78 is 16.7. The fraction of sp³-hybridized carbons (Fsp3) is 0.912.